The van der Waals surface area contributed by atoms with Crippen LogP contribution in [-0.4, -0.2) is 25.5 Å². The van der Waals surface area contributed by atoms with Crippen LogP contribution >= 0.6 is 0 Å². The highest BCUT2D eigenvalue weighted by Crippen LogP contribution is 2.27. The van der Waals surface area contributed by atoms with Gasteiger partial charge in [0.05, 0.1) is 13.0 Å². The van der Waals surface area contributed by atoms with Gasteiger partial charge in [-0.1, -0.05) is 0 Å². The number of rotatable bonds is 2. The topological polar surface area (TPSA) is 46.6 Å². The monoisotopic (exact) mass is 251 g/mol. The van der Waals surface area contributed by atoms with E-state index in [1.165, 1.54) is 18.1 Å². The van der Waals surface area contributed by atoms with E-state index in [-0.39, 0.29) is 30.7 Å². The molecular formula is C13H14FNO3. The molecule has 1 aliphatic rings. The molecule has 0 saturated carbocycles. The Hall–Kier alpha value is -1.91. The van der Waals surface area contributed by atoms with Crippen molar-refractivity contribution in [2.24, 2.45) is 5.92 Å². The SMILES string of the molecule is COC(=O)C1CC(=O)N(c2ccc(F)c(C)c2)C1. The van der Waals surface area contributed by atoms with Crippen molar-refractivity contribution in [1.82, 2.24) is 0 Å². The van der Waals surface area contributed by atoms with E-state index >= 15 is 0 Å². The highest BCUT2D eigenvalue weighted by molar-refractivity contribution is 5.99. The quantitative estimate of drug-likeness (QED) is 0.751. The van der Waals surface area contributed by atoms with Crippen molar-refractivity contribution in [3.05, 3.63) is 29.6 Å². The molecule has 5 heteroatoms. The van der Waals surface area contributed by atoms with Gasteiger partial charge in [0.15, 0.2) is 0 Å². The van der Waals surface area contributed by atoms with Crippen LogP contribution in [0.5, 0.6) is 0 Å². The predicted octanol–water partition coefficient (Wildman–Crippen LogP) is 1.66. The number of methoxy groups -OCH3 is 1. The average Bonchev–Trinajstić information content (AvgIpc) is 2.74. The predicted molar refractivity (Wildman–Crippen MR) is 63.6 cm³/mol. The maximum Gasteiger partial charge on any atom is 0.311 e. The number of ether oxygens (including phenoxy) is 1. The van der Waals surface area contributed by atoms with Gasteiger partial charge < -0.3 is 9.64 Å². The van der Waals surface area contributed by atoms with Gasteiger partial charge in [-0.25, -0.2) is 4.39 Å². The summed E-state index contributed by atoms with van der Waals surface area (Å²) >= 11 is 0. The third-order valence-corrected chi connectivity index (χ3v) is 3.11. The zero-order valence-electron chi connectivity index (χ0n) is 10.3. The number of hydrogen-bond donors (Lipinski definition) is 0. The average molecular weight is 251 g/mol. The molecule has 1 saturated heterocycles. The van der Waals surface area contributed by atoms with Gasteiger partial charge in [-0.2, -0.15) is 0 Å². The van der Waals surface area contributed by atoms with E-state index in [4.69, 9.17) is 0 Å². The summed E-state index contributed by atoms with van der Waals surface area (Å²) in [7, 11) is 1.30. The van der Waals surface area contributed by atoms with Crippen LogP contribution in [0.4, 0.5) is 10.1 Å². The van der Waals surface area contributed by atoms with Gasteiger partial charge >= 0.3 is 5.97 Å². The van der Waals surface area contributed by atoms with E-state index < -0.39 is 5.92 Å². The van der Waals surface area contributed by atoms with Crippen LogP contribution in [0.25, 0.3) is 0 Å². The minimum Gasteiger partial charge on any atom is -0.469 e. The van der Waals surface area contributed by atoms with Crippen molar-refractivity contribution >= 4 is 17.6 Å². The minimum atomic E-state index is -0.437. The van der Waals surface area contributed by atoms with Crippen LogP contribution < -0.4 is 4.90 Å². The zero-order chi connectivity index (χ0) is 13.3. The molecule has 1 amide bonds. The molecule has 1 heterocycles. The fourth-order valence-electron chi connectivity index (χ4n) is 2.08. The van der Waals surface area contributed by atoms with Crippen LogP contribution in [0, 0.1) is 18.7 Å². The molecule has 0 aliphatic carbocycles. The second-order valence-corrected chi connectivity index (χ2v) is 4.36. The lowest BCUT2D eigenvalue weighted by Crippen LogP contribution is -2.26. The molecule has 1 aromatic rings. The maximum atomic E-state index is 13.2. The number of aryl methyl sites for hydroxylation is 1. The van der Waals surface area contributed by atoms with Gasteiger partial charge in [0.2, 0.25) is 5.91 Å². The molecule has 1 atom stereocenters. The zero-order valence-corrected chi connectivity index (χ0v) is 10.3. The molecule has 1 unspecified atom stereocenters. The highest BCUT2D eigenvalue weighted by atomic mass is 19.1. The fourth-order valence-corrected chi connectivity index (χ4v) is 2.08. The number of hydrogen-bond acceptors (Lipinski definition) is 3. The van der Waals surface area contributed by atoms with Crippen molar-refractivity contribution in [2.45, 2.75) is 13.3 Å². The van der Waals surface area contributed by atoms with Crippen molar-refractivity contribution in [3.63, 3.8) is 0 Å². The van der Waals surface area contributed by atoms with Crippen molar-refractivity contribution in [1.29, 1.82) is 0 Å². The Bertz CT molecular complexity index is 501. The minimum absolute atomic E-state index is 0.142. The molecule has 0 aromatic heterocycles. The lowest BCUT2D eigenvalue weighted by Gasteiger charge is -2.17. The number of nitrogens with zero attached hydrogens (tertiary/aromatic N) is 1. The van der Waals surface area contributed by atoms with Crippen LogP contribution in [0.15, 0.2) is 18.2 Å². The Morgan fingerprint density at radius 2 is 2.22 bits per heavy atom. The summed E-state index contributed by atoms with van der Waals surface area (Å²) in [4.78, 5) is 24.7. The number of benzene rings is 1. The normalized spacial score (nSPS) is 19.2. The number of amides is 1. The smallest absolute Gasteiger partial charge is 0.311 e. The Kier molecular flexibility index (Phi) is 3.32. The van der Waals surface area contributed by atoms with E-state index in [1.807, 2.05) is 0 Å². The highest BCUT2D eigenvalue weighted by Gasteiger charge is 2.35. The lowest BCUT2D eigenvalue weighted by molar-refractivity contribution is -0.145. The largest absolute Gasteiger partial charge is 0.469 e. The summed E-state index contributed by atoms with van der Waals surface area (Å²) < 4.78 is 17.8. The van der Waals surface area contributed by atoms with E-state index in [1.54, 1.807) is 19.1 Å². The molecule has 1 aliphatic heterocycles. The van der Waals surface area contributed by atoms with Gasteiger partial charge in [-0.05, 0) is 30.7 Å². The molecule has 0 radical (unpaired) electrons. The molecule has 96 valence electrons. The second-order valence-electron chi connectivity index (χ2n) is 4.36. The molecule has 4 nitrogen and oxygen atoms in total. The molecule has 0 bridgehead atoms. The summed E-state index contributed by atoms with van der Waals surface area (Å²) in [5, 5.41) is 0. The number of anilines is 1. The first-order chi connectivity index (χ1) is 8.52. The standard InChI is InChI=1S/C13H14FNO3/c1-8-5-10(3-4-11(8)14)15-7-9(6-12(15)16)13(17)18-2/h3-5,9H,6-7H2,1-2H3. The van der Waals surface area contributed by atoms with Gasteiger partial charge in [0, 0.05) is 18.7 Å². The first kappa shape index (κ1) is 12.5. The van der Waals surface area contributed by atoms with Gasteiger partial charge in [-0.3, -0.25) is 9.59 Å². The third-order valence-electron chi connectivity index (χ3n) is 3.11. The number of carbonyl (C=O) groups is 2. The Labute approximate surface area is 104 Å². The van der Waals surface area contributed by atoms with Gasteiger partial charge in [0.25, 0.3) is 0 Å². The van der Waals surface area contributed by atoms with E-state index in [9.17, 15) is 14.0 Å². The van der Waals surface area contributed by atoms with Crippen LogP contribution in [0.2, 0.25) is 0 Å². The summed E-state index contributed by atoms with van der Waals surface area (Å²) in [5.41, 5.74) is 1.09. The summed E-state index contributed by atoms with van der Waals surface area (Å²) in [6, 6.07) is 4.47. The molecule has 0 N–H and O–H groups in total. The van der Waals surface area contributed by atoms with E-state index in [0.717, 1.165) is 0 Å². The number of carbonyl (C=O) groups excluding carboxylic acids is 2. The van der Waals surface area contributed by atoms with Gasteiger partial charge in [-0.15, -0.1) is 0 Å². The van der Waals surface area contributed by atoms with Crippen LogP contribution in [-0.2, 0) is 14.3 Å². The van der Waals surface area contributed by atoms with Crippen LogP contribution in [0.3, 0.4) is 0 Å². The van der Waals surface area contributed by atoms with Crippen molar-refractivity contribution < 1.29 is 18.7 Å². The van der Waals surface area contributed by atoms with Gasteiger partial charge in [0.1, 0.15) is 5.82 Å². The molecular weight excluding hydrogens is 237 g/mol. The maximum absolute atomic E-state index is 13.2. The number of halogens is 1. The van der Waals surface area contributed by atoms with E-state index in [2.05, 4.69) is 4.74 Å². The first-order valence-electron chi connectivity index (χ1n) is 5.67. The number of esters is 1. The molecule has 1 fully saturated rings. The Morgan fingerprint density at radius 3 is 2.83 bits per heavy atom. The van der Waals surface area contributed by atoms with Crippen molar-refractivity contribution in [2.75, 3.05) is 18.6 Å². The van der Waals surface area contributed by atoms with E-state index in [0.29, 0.717) is 11.3 Å². The fraction of sp³-hybridized carbons (Fsp3) is 0.385. The second kappa shape index (κ2) is 4.76. The summed E-state index contributed by atoms with van der Waals surface area (Å²) in [5.74, 6) is -1.27. The summed E-state index contributed by atoms with van der Waals surface area (Å²) in [6.45, 7) is 1.92. The molecule has 2 rings (SSSR count). The third kappa shape index (κ3) is 2.20. The molecule has 18 heavy (non-hydrogen) atoms. The Balaban J connectivity index is 2.21. The lowest BCUT2D eigenvalue weighted by atomic mass is 10.1. The molecule has 0 spiro atoms. The Morgan fingerprint density at radius 1 is 1.50 bits per heavy atom. The van der Waals surface area contributed by atoms with Crippen molar-refractivity contribution in [3.8, 4) is 0 Å². The summed E-state index contributed by atoms with van der Waals surface area (Å²) in [6.07, 6.45) is 0.142. The molecule has 1 aromatic carbocycles. The first-order valence-corrected chi connectivity index (χ1v) is 5.67. The van der Waals surface area contributed by atoms with Crippen LogP contribution in [0.1, 0.15) is 12.0 Å².